The fraction of sp³-hybridized carbons (Fsp3) is 0.261. The first-order valence-electron chi connectivity index (χ1n) is 9.83. The van der Waals surface area contributed by atoms with Crippen molar-refractivity contribution in [1.29, 1.82) is 0 Å². The van der Waals surface area contributed by atoms with Gasteiger partial charge in [0.1, 0.15) is 23.0 Å². The average molecular weight is 422 g/mol. The largest absolute Gasteiger partial charge is 0.496 e. The van der Waals surface area contributed by atoms with Crippen LogP contribution in [-0.4, -0.2) is 35.1 Å². The summed E-state index contributed by atoms with van der Waals surface area (Å²) in [6.45, 7) is 4.23. The van der Waals surface area contributed by atoms with Crippen molar-refractivity contribution in [2.45, 2.75) is 26.0 Å². The van der Waals surface area contributed by atoms with Crippen LogP contribution in [0.5, 0.6) is 11.6 Å². The van der Waals surface area contributed by atoms with Crippen molar-refractivity contribution in [2.24, 2.45) is 5.73 Å². The van der Waals surface area contributed by atoms with E-state index in [1.807, 2.05) is 13.8 Å². The van der Waals surface area contributed by atoms with Gasteiger partial charge in [-0.25, -0.2) is 4.39 Å². The normalized spacial score (nSPS) is 13.3. The number of nitrogens with zero attached hydrogens (tertiary/aromatic N) is 3. The van der Waals surface area contributed by atoms with Gasteiger partial charge >= 0.3 is 0 Å². The average Bonchev–Trinajstić information content (AvgIpc) is 3.10. The Labute approximate surface area is 179 Å². The standard InChI is InChI=1S/C23H23FN4O3/c1-23(2,13-25)31-19-9-5-8-18(27-19)28-12-15-14(22(28)29)10-11-26-21(15)20-16(24)6-4-7-17(20)30-3/h4-11H,12-13,25H2,1-3H3. The molecule has 2 N–H and O–H groups in total. The van der Waals surface area contributed by atoms with Gasteiger partial charge in [-0.05, 0) is 38.1 Å². The number of methoxy groups -OCH3 is 1. The lowest BCUT2D eigenvalue weighted by molar-refractivity contribution is 0.0995. The third kappa shape index (κ3) is 3.82. The number of rotatable bonds is 6. The van der Waals surface area contributed by atoms with Gasteiger partial charge in [0.25, 0.3) is 5.91 Å². The molecule has 0 saturated heterocycles. The first-order chi connectivity index (χ1) is 14.8. The SMILES string of the molecule is COc1cccc(F)c1-c1nccc2c1CN(c1cccc(OC(C)(C)CN)n1)C2=O. The van der Waals surface area contributed by atoms with Crippen molar-refractivity contribution >= 4 is 11.7 Å². The summed E-state index contributed by atoms with van der Waals surface area (Å²) in [5.41, 5.74) is 6.81. The van der Waals surface area contributed by atoms with Crippen LogP contribution in [0.2, 0.25) is 0 Å². The van der Waals surface area contributed by atoms with Crippen molar-refractivity contribution in [2.75, 3.05) is 18.6 Å². The number of ether oxygens (including phenoxy) is 2. The third-order valence-electron chi connectivity index (χ3n) is 5.14. The van der Waals surface area contributed by atoms with Crippen LogP contribution in [0.15, 0.2) is 48.7 Å². The number of anilines is 1. The lowest BCUT2D eigenvalue weighted by Crippen LogP contribution is -2.37. The molecule has 0 aliphatic carbocycles. The summed E-state index contributed by atoms with van der Waals surface area (Å²) in [7, 11) is 1.47. The molecule has 1 aliphatic heterocycles. The number of pyridine rings is 2. The van der Waals surface area contributed by atoms with Gasteiger partial charge < -0.3 is 15.2 Å². The number of carbonyl (C=O) groups excluding carboxylic acids is 1. The topological polar surface area (TPSA) is 90.6 Å². The number of hydrogen-bond donors (Lipinski definition) is 1. The second-order valence-corrected chi connectivity index (χ2v) is 7.79. The molecule has 31 heavy (non-hydrogen) atoms. The Morgan fingerprint density at radius 1 is 1.19 bits per heavy atom. The number of nitrogens with two attached hydrogens (primary N) is 1. The molecule has 0 unspecified atom stereocenters. The number of fused-ring (bicyclic) bond motifs is 1. The van der Waals surface area contributed by atoms with Crippen LogP contribution < -0.4 is 20.1 Å². The summed E-state index contributed by atoms with van der Waals surface area (Å²) in [5.74, 6) is 0.438. The van der Waals surface area contributed by atoms with Crippen molar-refractivity contribution in [1.82, 2.24) is 9.97 Å². The van der Waals surface area contributed by atoms with Gasteiger partial charge in [0.05, 0.1) is 24.9 Å². The Bertz CT molecular complexity index is 1150. The monoisotopic (exact) mass is 422 g/mol. The molecule has 0 bridgehead atoms. The highest BCUT2D eigenvalue weighted by Crippen LogP contribution is 2.38. The first kappa shape index (κ1) is 20.7. The van der Waals surface area contributed by atoms with Crippen molar-refractivity contribution in [3.8, 4) is 22.9 Å². The zero-order chi connectivity index (χ0) is 22.2. The number of benzene rings is 1. The smallest absolute Gasteiger partial charge is 0.260 e. The molecule has 160 valence electrons. The molecule has 1 aromatic carbocycles. The summed E-state index contributed by atoms with van der Waals surface area (Å²) in [6.07, 6.45) is 1.50. The molecular formula is C23H23FN4O3. The van der Waals surface area contributed by atoms with Crippen LogP contribution in [0.3, 0.4) is 0 Å². The highest BCUT2D eigenvalue weighted by atomic mass is 19.1. The van der Waals surface area contributed by atoms with Gasteiger partial charge in [0, 0.05) is 29.9 Å². The van der Waals surface area contributed by atoms with Crippen molar-refractivity contribution in [3.63, 3.8) is 0 Å². The van der Waals surface area contributed by atoms with Crippen molar-refractivity contribution in [3.05, 3.63) is 65.6 Å². The summed E-state index contributed by atoms with van der Waals surface area (Å²) in [4.78, 5) is 23.5. The minimum absolute atomic E-state index is 0.200. The summed E-state index contributed by atoms with van der Waals surface area (Å²) in [5, 5.41) is 0. The highest BCUT2D eigenvalue weighted by molar-refractivity contribution is 6.10. The Morgan fingerprint density at radius 3 is 2.71 bits per heavy atom. The fourth-order valence-corrected chi connectivity index (χ4v) is 3.47. The molecule has 1 amide bonds. The summed E-state index contributed by atoms with van der Waals surface area (Å²) in [6, 6.07) is 11.4. The van der Waals surface area contributed by atoms with Gasteiger partial charge in [-0.3, -0.25) is 14.7 Å². The molecular weight excluding hydrogens is 399 g/mol. The zero-order valence-electron chi connectivity index (χ0n) is 17.6. The Hall–Kier alpha value is -3.52. The maximum absolute atomic E-state index is 14.7. The molecule has 3 heterocycles. The molecule has 3 aromatic rings. The van der Waals surface area contributed by atoms with Crippen LogP contribution in [0.25, 0.3) is 11.3 Å². The predicted octanol–water partition coefficient (Wildman–Crippen LogP) is 3.57. The van der Waals surface area contributed by atoms with E-state index in [1.54, 1.807) is 36.4 Å². The number of halogens is 1. The quantitative estimate of drug-likeness (QED) is 0.653. The molecule has 4 rings (SSSR count). The molecule has 0 spiro atoms. The van der Waals surface area contributed by atoms with E-state index in [0.29, 0.717) is 40.8 Å². The number of hydrogen-bond acceptors (Lipinski definition) is 6. The number of carbonyl (C=O) groups is 1. The van der Waals surface area contributed by atoms with E-state index in [-0.39, 0.29) is 18.0 Å². The van der Waals surface area contributed by atoms with E-state index < -0.39 is 11.4 Å². The molecule has 0 fully saturated rings. The van der Waals surface area contributed by atoms with Crippen molar-refractivity contribution < 1.29 is 18.7 Å². The molecule has 0 saturated carbocycles. The Kier molecular flexibility index (Phi) is 5.32. The van der Waals surface area contributed by atoms with Crippen LogP contribution in [-0.2, 0) is 6.54 Å². The van der Waals surface area contributed by atoms with Crippen LogP contribution in [0, 0.1) is 5.82 Å². The minimum atomic E-state index is -0.595. The maximum Gasteiger partial charge on any atom is 0.260 e. The molecule has 0 atom stereocenters. The third-order valence-corrected chi connectivity index (χ3v) is 5.14. The lowest BCUT2D eigenvalue weighted by Gasteiger charge is -2.24. The van der Waals surface area contributed by atoms with E-state index in [0.717, 1.165) is 0 Å². The molecule has 0 radical (unpaired) electrons. The zero-order valence-corrected chi connectivity index (χ0v) is 17.6. The number of aromatic nitrogens is 2. The van der Waals surface area contributed by atoms with Crippen LogP contribution >= 0.6 is 0 Å². The summed E-state index contributed by atoms with van der Waals surface area (Å²) < 4.78 is 25.9. The number of amides is 1. The lowest BCUT2D eigenvalue weighted by atomic mass is 10.0. The Morgan fingerprint density at radius 2 is 1.97 bits per heavy atom. The van der Waals surface area contributed by atoms with Gasteiger partial charge in [-0.2, -0.15) is 4.98 Å². The van der Waals surface area contributed by atoms with Gasteiger partial charge in [-0.1, -0.05) is 12.1 Å². The van der Waals surface area contributed by atoms with E-state index >= 15 is 0 Å². The molecule has 8 heteroatoms. The van der Waals surface area contributed by atoms with Crippen LogP contribution in [0.1, 0.15) is 29.8 Å². The second kappa shape index (κ2) is 7.96. The van der Waals surface area contributed by atoms with Crippen LogP contribution in [0.4, 0.5) is 10.2 Å². The van der Waals surface area contributed by atoms with E-state index in [2.05, 4.69) is 9.97 Å². The maximum atomic E-state index is 14.7. The Balaban J connectivity index is 1.73. The molecule has 2 aromatic heterocycles. The van der Waals surface area contributed by atoms with Gasteiger partial charge in [-0.15, -0.1) is 0 Å². The summed E-state index contributed by atoms with van der Waals surface area (Å²) >= 11 is 0. The molecule has 1 aliphatic rings. The minimum Gasteiger partial charge on any atom is -0.496 e. The predicted molar refractivity (Wildman–Crippen MR) is 115 cm³/mol. The van der Waals surface area contributed by atoms with E-state index in [1.165, 1.54) is 24.3 Å². The highest BCUT2D eigenvalue weighted by Gasteiger charge is 2.33. The van der Waals surface area contributed by atoms with Gasteiger partial charge in [0.2, 0.25) is 5.88 Å². The molecule has 7 nitrogen and oxygen atoms in total. The first-order valence-corrected chi connectivity index (χ1v) is 9.83. The second-order valence-electron chi connectivity index (χ2n) is 7.79. The van der Waals surface area contributed by atoms with E-state index in [4.69, 9.17) is 15.2 Å². The fourth-order valence-electron chi connectivity index (χ4n) is 3.47. The van der Waals surface area contributed by atoms with E-state index in [9.17, 15) is 9.18 Å². The van der Waals surface area contributed by atoms with Gasteiger partial charge in [0.15, 0.2) is 0 Å².